The van der Waals surface area contributed by atoms with Gasteiger partial charge in [0.05, 0.1) is 4.90 Å². The summed E-state index contributed by atoms with van der Waals surface area (Å²) in [6, 6.07) is 4.50. The van der Waals surface area contributed by atoms with Gasteiger partial charge in [-0.2, -0.15) is 13.2 Å². The van der Waals surface area contributed by atoms with Gasteiger partial charge in [0, 0.05) is 11.6 Å². The Morgan fingerprint density at radius 2 is 1.84 bits per heavy atom. The predicted octanol–water partition coefficient (Wildman–Crippen LogP) is 1.38. The summed E-state index contributed by atoms with van der Waals surface area (Å²) >= 11 is 0. The van der Waals surface area contributed by atoms with E-state index in [9.17, 15) is 26.4 Å². The molecule has 0 spiro atoms. The van der Waals surface area contributed by atoms with Crippen LogP contribution in [-0.2, 0) is 10.0 Å². The van der Waals surface area contributed by atoms with E-state index < -0.39 is 28.7 Å². The summed E-state index contributed by atoms with van der Waals surface area (Å²) in [4.78, 5) is 11.6. The van der Waals surface area contributed by atoms with E-state index in [0.29, 0.717) is 13.0 Å². The third-order valence-corrected chi connectivity index (χ3v) is 5.65. The first kappa shape index (κ1) is 19.7. The SMILES string of the molecule is NCC1CCCC1NS(=O)(=O)c1ccc(C(=O)NCC(F)(F)F)cc1. The largest absolute Gasteiger partial charge is 0.405 e. The summed E-state index contributed by atoms with van der Waals surface area (Å²) in [7, 11) is -3.78. The fraction of sp³-hybridized carbons (Fsp3) is 0.533. The van der Waals surface area contributed by atoms with Crippen molar-refractivity contribution >= 4 is 15.9 Å². The number of benzene rings is 1. The Morgan fingerprint density at radius 1 is 1.20 bits per heavy atom. The molecule has 0 heterocycles. The number of hydrogen-bond acceptors (Lipinski definition) is 4. The van der Waals surface area contributed by atoms with Gasteiger partial charge in [0.2, 0.25) is 10.0 Å². The second-order valence-electron chi connectivity index (χ2n) is 5.98. The van der Waals surface area contributed by atoms with Crippen molar-refractivity contribution in [1.29, 1.82) is 0 Å². The van der Waals surface area contributed by atoms with Crippen molar-refractivity contribution in [3.05, 3.63) is 29.8 Å². The normalized spacial score (nSPS) is 21.3. The number of sulfonamides is 1. The van der Waals surface area contributed by atoms with Crippen molar-refractivity contribution in [1.82, 2.24) is 10.0 Å². The molecule has 1 amide bonds. The molecule has 1 aliphatic carbocycles. The molecule has 2 atom stereocenters. The molecule has 1 aliphatic rings. The van der Waals surface area contributed by atoms with Crippen LogP contribution in [0.1, 0.15) is 29.6 Å². The zero-order valence-electron chi connectivity index (χ0n) is 13.3. The Hall–Kier alpha value is -1.65. The van der Waals surface area contributed by atoms with Gasteiger partial charge in [0.15, 0.2) is 0 Å². The maximum absolute atomic E-state index is 12.4. The minimum atomic E-state index is -4.51. The van der Waals surface area contributed by atoms with Crippen LogP contribution < -0.4 is 15.8 Å². The summed E-state index contributed by atoms with van der Waals surface area (Å²) < 4.78 is 63.7. The standard InChI is InChI=1S/C15H20F3N3O3S/c16-15(17,18)9-20-14(22)10-4-6-12(7-5-10)25(23,24)21-13-3-1-2-11(13)8-19/h4-7,11,13,21H,1-3,8-9,19H2,(H,20,22). The van der Waals surface area contributed by atoms with Gasteiger partial charge < -0.3 is 11.1 Å². The van der Waals surface area contributed by atoms with Crippen LogP contribution in [0, 0.1) is 5.92 Å². The molecule has 1 aromatic rings. The lowest BCUT2D eigenvalue weighted by Crippen LogP contribution is -2.39. The minimum Gasteiger partial charge on any atom is -0.343 e. The lowest BCUT2D eigenvalue weighted by atomic mass is 10.1. The molecule has 1 aromatic carbocycles. The summed E-state index contributed by atoms with van der Waals surface area (Å²) in [5.74, 6) is -0.838. The Morgan fingerprint density at radius 3 is 2.40 bits per heavy atom. The average Bonchev–Trinajstić information content (AvgIpc) is 2.98. The number of rotatable bonds is 6. The summed E-state index contributed by atoms with van der Waals surface area (Å²) in [5.41, 5.74) is 5.58. The van der Waals surface area contributed by atoms with Crippen LogP contribution >= 0.6 is 0 Å². The van der Waals surface area contributed by atoms with Crippen molar-refractivity contribution < 1.29 is 26.4 Å². The number of nitrogens with two attached hydrogens (primary N) is 1. The molecule has 10 heteroatoms. The Balaban J connectivity index is 2.04. The molecule has 0 saturated heterocycles. The highest BCUT2D eigenvalue weighted by Gasteiger charge is 2.30. The summed E-state index contributed by atoms with van der Waals surface area (Å²) in [6.07, 6.45) is -2.04. The molecule has 1 saturated carbocycles. The second kappa shape index (κ2) is 7.71. The maximum atomic E-state index is 12.4. The molecular weight excluding hydrogens is 359 g/mol. The first-order chi connectivity index (χ1) is 11.6. The van der Waals surface area contributed by atoms with E-state index >= 15 is 0 Å². The maximum Gasteiger partial charge on any atom is 0.405 e. The van der Waals surface area contributed by atoms with Gasteiger partial charge in [-0.15, -0.1) is 0 Å². The molecule has 6 nitrogen and oxygen atoms in total. The number of carbonyl (C=O) groups is 1. The molecule has 0 aliphatic heterocycles. The lowest BCUT2D eigenvalue weighted by molar-refractivity contribution is -0.123. The van der Waals surface area contributed by atoms with Crippen molar-refractivity contribution in [2.75, 3.05) is 13.1 Å². The highest BCUT2D eigenvalue weighted by Crippen LogP contribution is 2.26. The first-order valence-corrected chi connectivity index (χ1v) is 9.28. The molecule has 4 N–H and O–H groups in total. The van der Waals surface area contributed by atoms with Gasteiger partial charge >= 0.3 is 6.18 Å². The smallest absolute Gasteiger partial charge is 0.343 e. The Kier molecular flexibility index (Phi) is 6.07. The van der Waals surface area contributed by atoms with E-state index in [1.807, 2.05) is 0 Å². The van der Waals surface area contributed by atoms with E-state index in [2.05, 4.69) is 4.72 Å². The van der Waals surface area contributed by atoms with Crippen LogP contribution in [0.15, 0.2) is 29.2 Å². The highest BCUT2D eigenvalue weighted by molar-refractivity contribution is 7.89. The van der Waals surface area contributed by atoms with Crippen LogP contribution in [0.25, 0.3) is 0 Å². The van der Waals surface area contributed by atoms with Crippen LogP contribution in [-0.4, -0.2) is 39.6 Å². The van der Waals surface area contributed by atoms with E-state index in [-0.39, 0.29) is 22.4 Å². The van der Waals surface area contributed by atoms with Gasteiger partial charge in [0.25, 0.3) is 5.91 Å². The van der Waals surface area contributed by atoms with Crippen molar-refractivity contribution in [2.24, 2.45) is 11.7 Å². The summed E-state index contributed by atoms with van der Waals surface area (Å²) in [5, 5.41) is 1.73. The van der Waals surface area contributed by atoms with Gasteiger partial charge in [-0.1, -0.05) is 6.42 Å². The highest BCUT2D eigenvalue weighted by atomic mass is 32.2. The fourth-order valence-electron chi connectivity index (χ4n) is 2.81. The van der Waals surface area contributed by atoms with Crippen LogP contribution in [0.3, 0.4) is 0 Å². The van der Waals surface area contributed by atoms with Gasteiger partial charge in [-0.3, -0.25) is 4.79 Å². The van der Waals surface area contributed by atoms with E-state index in [1.54, 1.807) is 5.32 Å². The number of hydrogen-bond donors (Lipinski definition) is 3. The third-order valence-electron chi connectivity index (χ3n) is 4.14. The fourth-order valence-corrected chi connectivity index (χ4v) is 4.15. The average molecular weight is 379 g/mol. The molecule has 25 heavy (non-hydrogen) atoms. The topological polar surface area (TPSA) is 101 Å². The quantitative estimate of drug-likeness (QED) is 0.695. The molecule has 2 rings (SSSR count). The monoisotopic (exact) mass is 379 g/mol. The van der Waals surface area contributed by atoms with Gasteiger partial charge in [-0.05, 0) is 49.6 Å². The first-order valence-electron chi connectivity index (χ1n) is 7.80. The number of alkyl halides is 3. The number of nitrogens with one attached hydrogen (secondary N) is 2. The van der Waals surface area contributed by atoms with E-state index in [1.165, 1.54) is 24.3 Å². The molecule has 0 aromatic heterocycles. The number of halogens is 3. The molecule has 140 valence electrons. The van der Waals surface area contributed by atoms with Crippen molar-refractivity contribution in [3.8, 4) is 0 Å². The van der Waals surface area contributed by atoms with Crippen LogP contribution in [0.4, 0.5) is 13.2 Å². The molecular formula is C15H20F3N3O3S. The molecule has 1 fully saturated rings. The second-order valence-corrected chi connectivity index (χ2v) is 7.69. The van der Waals surface area contributed by atoms with Gasteiger partial charge in [-0.25, -0.2) is 13.1 Å². The third kappa shape index (κ3) is 5.41. The van der Waals surface area contributed by atoms with Crippen LogP contribution in [0.5, 0.6) is 0 Å². The van der Waals surface area contributed by atoms with Crippen LogP contribution in [0.2, 0.25) is 0 Å². The van der Waals surface area contributed by atoms with Gasteiger partial charge in [0.1, 0.15) is 6.54 Å². The zero-order valence-corrected chi connectivity index (χ0v) is 14.2. The molecule has 0 bridgehead atoms. The predicted molar refractivity (Wildman–Crippen MR) is 85.3 cm³/mol. The van der Waals surface area contributed by atoms with Crippen molar-refractivity contribution in [2.45, 2.75) is 36.4 Å². The summed E-state index contributed by atoms with van der Waals surface area (Å²) in [6.45, 7) is -1.05. The van der Waals surface area contributed by atoms with Crippen molar-refractivity contribution in [3.63, 3.8) is 0 Å². The molecule has 0 radical (unpaired) electrons. The number of amides is 1. The zero-order chi connectivity index (χ0) is 18.7. The Labute approximate surface area is 144 Å². The molecule has 2 unspecified atom stereocenters. The van der Waals surface area contributed by atoms with E-state index in [4.69, 9.17) is 5.73 Å². The lowest BCUT2D eigenvalue weighted by Gasteiger charge is -2.19. The Bertz CT molecular complexity index is 705. The minimum absolute atomic E-state index is 0.0519. The number of carbonyl (C=O) groups excluding carboxylic acids is 1. The van der Waals surface area contributed by atoms with E-state index in [0.717, 1.165) is 12.8 Å².